The number of likely N-dealkylation sites (tertiary alicyclic amines) is 1. The van der Waals surface area contributed by atoms with Crippen molar-refractivity contribution in [2.75, 3.05) is 58.5 Å². The third-order valence-electron chi connectivity index (χ3n) is 7.92. The number of fused-ring (bicyclic) bond motifs is 1. The van der Waals surface area contributed by atoms with E-state index in [-0.39, 0.29) is 11.5 Å². The zero-order valence-electron chi connectivity index (χ0n) is 23.1. The van der Waals surface area contributed by atoms with Gasteiger partial charge in [-0.25, -0.2) is 4.98 Å². The van der Waals surface area contributed by atoms with Crippen molar-refractivity contribution in [3.8, 4) is 22.6 Å². The number of morpholine rings is 1. The van der Waals surface area contributed by atoms with E-state index in [1.165, 1.54) is 0 Å². The highest BCUT2D eigenvalue weighted by molar-refractivity contribution is 5.97. The number of hydrogen-bond donors (Lipinski definition) is 0. The molecular formula is C29H35F3N4O4. The summed E-state index contributed by atoms with van der Waals surface area (Å²) in [7, 11) is 4.90. The molecule has 2 fully saturated rings. The van der Waals surface area contributed by atoms with Gasteiger partial charge in [-0.1, -0.05) is 0 Å². The first-order valence-corrected chi connectivity index (χ1v) is 13.5. The van der Waals surface area contributed by atoms with Crippen LogP contribution < -0.4 is 19.9 Å². The van der Waals surface area contributed by atoms with E-state index in [0.717, 1.165) is 41.0 Å². The first-order valence-electron chi connectivity index (χ1n) is 13.5. The summed E-state index contributed by atoms with van der Waals surface area (Å²) >= 11 is 0. The number of benzene rings is 1. The van der Waals surface area contributed by atoms with Crippen LogP contribution in [0, 0.1) is 5.92 Å². The largest absolute Gasteiger partial charge is 0.496 e. The summed E-state index contributed by atoms with van der Waals surface area (Å²) in [6.07, 6.45) is -0.389. The number of rotatable bonds is 7. The second-order valence-electron chi connectivity index (χ2n) is 10.5. The number of methoxy groups -OCH3 is 2. The van der Waals surface area contributed by atoms with Gasteiger partial charge in [0.25, 0.3) is 5.56 Å². The molecule has 0 atom stereocenters. The molecule has 0 radical (unpaired) electrons. The minimum Gasteiger partial charge on any atom is -0.496 e. The molecule has 1 aromatic carbocycles. The highest BCUT2D eigenvalue weighted by Gasteiger charge is 2.33. The molecule has 2 aliphatic heterocycles. The molecule has 0 aliphatic carbocycles. The van der Waals surface area contributed by atoms with Crippen LogP contribution in [0.5, 0.6) is 11.5 Å². The maximum atomic E-state index is 13.0. The fourth-order valence-electron chi connectivity index (χ4n) is 5.74. The SMILES string of the molecule is COc1cc(-c2cn(C)c(=O)c3cnc(N4CCOCC4)cc23)cc(OC)c1CN1CCC(CC(F)(F)F)CC1. The Morgan fingerprint density at radius 3 is 2.25 bits per heavy atom. The monoisotopic (exact) mass is 560 g/mol. The number of aryl methyl sites for hydroxylation is 1. The van der Waals surface area contributed by atoms with E-state index in [2.05, 4.69) is 14.8 Å². The van der Waals surface area contributed by atoms with Crippen LogP contribution in [-0.2, 0) is 18.3 Å². The Balaban J connectivity index is 1.49. The van der Waals surface area contributed by atoms with E-state index in [4.69, 9.17) is 14.2 Å². The number of aromatic nitrogens is 2. The molecule has 2 aromatic heterocycles. The van der Waals surface area contributed by atoms with Gasteiger partial charge in [0.2, 0.25) is 0 Å². The third kappa shape index (κ3) is 6.05. The Morgan fingerprint density at radius 2 is 1.65 bits per heavy atom. The topological polar surface area (TPSA) is 69.1 Å². The molecule has 2 aliphatic rings. The predicted molar refractivity (Wildman–Crippen MR) is 147 cm³/mol. The van der Waals surface area contributed by atoms with Gasteiger partial charge in [-0.05, 0) is 55.6 Å². The third-order valence-corrected chi connectivity index (χ3v) is 7.92. The van der Waals surface area contributed by atoms with Crippen molar-refractivity contribution < 1.29 is 27.4 Å². The lowest BCUT2D eigenvalue weighted by molar-refractivity contribution is -0.147. The van der Waals surface area contributed by atoms with Gasteiger partial charge in [-0.15, -0.1) is 0 Å². The number of halogens is 3. The van der Waals surface area contributed by atoms with Gasteiger partial charge >= 0.3 is 6.18 Å². The smallest absolute Gasteiger partial charge is 0.389 e. The fourth-order valence-corrected chi connectivity index (χ4v) is 5.74. The number of piperidine rings is 1. The Hall–Kier alpha value is -3.31. The molecular weight excluding hydrogens is 525 g/mol. The first kappa shape index (κ1) is 28.2. The summed E-state index contributed by atoms with van der Waals surface area (Å²) < 4.78 is 57.2. The van der Waals surface area contributed by atoms with Crippen LogP contribution in [0.15, 0.2) is 35.4 Å². The minimum atomic E-state index is -4.13. The fraction of sp³-hybridized carbons (Fsp3) is 0.517. The van der Waals surface area contributed by atoms with Crippen molar-refractivity contribution in [1.29, 1.82) is 0 Å². The lowest BCUT2D eigenvalue weighted by atomic mass is 9.92. The Morgan fingerprint density at radius 1 is 1.00 bits per heavy atom. The average Bonchev–Trinajstić information content (AvgIpc) is 2.95. The molecule has 2 saturated heterocycles. The summed E-state index contributed by atoms with van der Waals surface area (Å²) in [6.45, 7) is 4.36. The van der Waals surface area contributed by atoms with Crippen LogP contribution in [0.3, 0.4) is 0 Å². The number of nitrogens with zero attached hydrogens (tertiary/aromatic N) is 4. The van der Waals surface area contributed by atoms with Gasteiger partial charge in [0.05, 0.1) is 38.4 Å². The number of pyridine rings is 2. The standard InChI is InChI=1S/C29H35F3N4O4/c1-34-17-23(21-14-27(33-16-22(21)28(34)37)36-8-10-40-11-9-36)20-12-25(38-2)24(26(13-20)39-3)18-35-6-4-19(5-7-35)15-29(30,31)32/h12-14,16-17,19H,4-11,15,18H2,1-3H3. The number of hydrogen-bond acceptors (Lipinski definition) is 7. The van der Waals surface area contributed by atoms with Crippen LogP contribution in [0.2, 0.25) is 0 Å². The number of alkyl halides is 3. The number of ether oxygens (including phenoxy) is 3. The van der Waals surface area contributed by atoms with Gasteiger partial charge in [0, 0.05) is 56.4 Å². The van der Waals surface area contributed by atoms with Crippen LogP contribution in [-0.4, -0.2) is 74.2 Å². The van der Waals surface area contributed by atoms with Crippen molar-refractivity contribution >= 4 is 16.6 Å². The molecule has 216 valence electrons. The van der Waals surface area contributed by atoms with E-state index in [1.54, 1.807) is 32.0 Å². The van der Waals surface area contributed by atoms with Crippen molar-refractivity contribution in [3.05, 3.63) is 46.5 Å². The molecule has 0 unspecified atom stereocenters. The van der Waals surface area contributed by atoms with E-state index >= 15 is 0 Å². The zero-order valence-corrected chi connectivity index (χ0v) is 23.1. The molecule has 0 N–H and O–H groups in total. The van der Waals surface area contributed by atoms with Crippen LogP contribution in [0.4, 0.5) is 19.0 Å². The molecule has 0 amide bonds. The Bertz CT molecular complexity index is 1390. The van der Waals surface area contributed by atoms with E-state index in [0.29, 0.717) is 62.6 Å². The van der Waals surface area contributed by atoms with E-state index in [1.807, 2.05) is 24.4 Å². The molecule has 0 bridgehead atoms. The minimum absolute atomic E-state index is 0.135. The molecule has 4 heterocycles. The van der Waals surface area contributed by atoms with Crippen molar-refractivity contribution in [2.45, 2.75) is 32.0 Å². The van der Waals surface area contributed by atoms with Gasteiger partial charge < -0.3 is 23.7 Å². The maximum absolute atomic E-state index is 13.0. The lowest BCUT2D eigenvalue weighted by Gasteiger charge is -2.33. The second kappa shape index (κ2) is 11.7. The second-order valence-corrected chi connectivity index (χ2v) is 10.5. The molecule has 3 aromatic rings. The van der Waals surface area contributed by atoms with E-state index < -0.39 is 12.6 Å². The van der Waals surface area contributed by atoms with Crippen molar-refractivity contribution in [3.63, 3.8) is 0 Å². The molecule has 8 nitrogen and oxygen atoms in total. The average molecular weight is 561 g/mol. The summed E-state index contributed by atoms with van der Waals surface area (Å²) in [4.78, 5) is 21.9. The van der Waals surface area contributed by atoms with Gasteiger partial charge in [-0.3, -0.25) is 9.69 Å². The molecule has 0 saturated carbocycles. The van der Waals surface area contributed by atoms with Gasteiger partial charge in [-0.2, -0.15) is 13.2 Å². The predicted octanol–water partition coefficient (Wildman–Crippen LogP) is 4.62. The number of anilines is 1. The summed E-state index contributed by atoms with van der Waals surface area (Å²) in [5.41, 5.74) is 2.36. The molecule has 5 rings (SSSR count). The van der Waals surface area contributed by atoms with E-state index in [9.17, 15) is 18.0 Å². The normalized spacial score (nSPS) is 17.4. The van der Waals surface area contributed by atoms with Crippen LogP contribution >= 0.6 is 0 Å². The van der Waals surface area contributed by atoms with Crippen molar-refractivity contribution in [2.24, 2.45) is 13.0 Å². The first-order chi connectivity index (χ1) is 19.2. The van der Waals surface area contributed by atoms with Gasteiger partial charge in [0.15, 0.2) is 0 Å². The highest BCUT2D eigenvalue weighted by atomic mass is 19.4. The van der Waals surface area contributed by atoms with Gasteiger partial charge in [0.1, 0.15) is 17.3 Å². The molecule has 0 spiro atoms. The lowest BCUT2D eigenvalue weighted by Crippen LogP contribution is -2.36. The summed E-state index contributed by atoms with van der Waals surface area (Å²) in [5, 5.41) is 1.30. The van der Waals surface area contributed by atoms with Crippen LogP contribution in [0.25, 0.3) is 21.9 Å². The van der Waals surface area contributed by atoms with Crippen LogP contribution in [0.1, 0.15) is 24.8 Å². The summed E-state index contributed by atoms with van der Waals surface area (Å²) in [5.74, 6) is 1.69. The molecule has 11 heteroatoms. The molecule has 40 heavy (non-hydrogen) atoms. The Kier molecular flexibility index (Phi) is 8.23. The highest BCUT2D eigenvalue weighted by Crippen LogP contribution is 2.39. The maximum Gasteiger partial charge on any atom is 0.389 e. The summed E-state index contributed by atoms with van der Waals surface area (Å²) in [6, 6.07) is 5.82. The van der Waals surface area contributed by atoms with Crippen molar-refractivity contribution in [1.82, 2.24) is 14.5 Å². The Labute approximate surface area is 231 Å². The quantitative estimate of drug-likeness (QED) is 0.418. The zero-order chi connectivity index (χ0) is 28.4.